The number of methoxy groups -OCH3 is 1. The number of carbonyl (C=O) groups excluding carboxylic acids is 1. The predicted molar refractivity (Wildman–Crippen MR) is 130 cm³/mol. The van der Waals surface area contributed by atoms with Crippen molar-refractivity contribution in [3.05, 3.63) is 69.6 Å². The lowest BCUT2D eigenvalue weighted by molar-refractivity contribution is -0.119. The van der Waals surface area contributed by atoms with Crippen molar-refractivity contribution in [2.45, 2.75) is 55.2 Å². The summed E-state index contributed by atoms with van der Waals surface area (Å²) in [5, 5.41) is 5.77. The Labute approximate surface area is 196 Å². The SMILES string of the molecule is COc1cccc(CC(C(=O)Nc2nccs2)n2c(C)cc(SC3CCCC3)cc2=O)c1. The zero-order valence-electron chi connectivity index (χ0n) is 18.2. The molecule has 1 aromatic carbocycles. The number of ether oxygens (including phenoxy) is 1. The first-order chi connectivity index (χ1) is 15.5. The van der Waals surface area contributed by atoms with E-state index in [4.69, 9.17) is 4.74 Å². The fourth-order valence-corrected chi connectivity index (χ4v) is 6.04. The predicted octanol–water partition coefficient (Wildman–Crippen LogP) is 5.08. The minimum Gasteiger partial charge on any atom is -0.497 e. The van der Waals surface area contributed by atoms with Crippen LogP contribution in [0.2, 0.25) is 0 Å². The van der Waals surface area contributed by atoms with E-state index in [-0.39, 0.29) is 11.5 Å². The van der Waals surface area contributed by atoms with Crippen LogP contribution in [0.25, 0.3) is 0 Å². The van der Waals surface area contributed by atoms with Gasteiger partial charge in [-0.15, -0.1) is 23.1 Å². The number of thioether (sulfide) groups is 1. The summed E-state index contributed by atoms with van der Waals surface area (Å²) in [6.45, 7) is 1.90. The first kappa shape index (κ1) is 22.6. The van der Waals surface area contributed by atoms with Gasteiger partial charge < -0.3 is 14.6 Å². The number of rotatable bonds is 8. The van der Waals surface area contributed by atoms with E-state index in [0.717, 1.165) is 16.2 Å². The third kappa shape index (κ3) is 5.42. The Kier molecular flexibility index (Phi) is 7.32. The van der Waals surface area contributed by atoms with Gasteiger partial charge in [-0.25, -0.2) is 4.98 Å². The highest BCUT2D eigenvalue weighted by Gasteiger charge is 2.25. The zero-order chi connectivity index (χ0) is 22.5. The van der Waals surface area contributed by atoms with Crippen LogP contribution in [0, 0.1) is 6.92 Å². The number of pyridine rings is 1. The summed E-state index contributed by atoms with van der Waals surface area (Å²) >= 11 is 3.13. The van der Waals surface area contributed by atoms with Gasteiger partial charge in [0.15, 0.2) is 5.13 Å². The number of nitrogens with one attached hydrogen (secondary N) is 1. The van der Waals surface area contributed by atoms with E-state index >= 15 is 0 Å². The molecule has 1 atom stereocenters. The van der Waals surface area contributed by atoms with Crippen molar-refractivity contribution in [3.8, 4) is 5.75 Å². The minimum absolute atomic E-state index is 0.160. The molecule has 1 fully saturated rings. The fourth-order valence-electron chi connectivity index (χ4n) is 4.15. The zero-order valence-corrected chi connectivity index (χ0v) is 19.9. The molecule has 1 N–H and O–H groups in total. The number of benzene rings is 1. The highest BCUT2D eigenvalue weighted by atomic mass is 32.2. The molecule has 0 aliphatic heterocycles. The molecule has 1 aliphatic rings. The summed E-state index contributed by atoms with van der Waals surface area (Å²) in [5.41, 5.74) is 1.53. The number of aryl methyl sites for hydroxylation is 1. The summed E-state index contributed by atoms with van der Waals surface area (Å²) in [5.74, 6) is 0.457. The quantitative estimate of drug-likeness (QED) is 0.498. The number of nitrogens with zero attached hydrogens (tertiary/aromatic N) is 2. The summed E-state index contributed by atoms with van der Waals surface area (Å²) in [4.78, 5) is 31.7. The highest BCUT2D eigenvalue weighted by molar-refractivity contribution is 8.00. The third-order valence-corrected chi connectivity index (χ3v) is 7.68. The molecule has 2 heterocycles. The van der Waals surface area contributed by atoms with Crippen molar-refractivity contribution in [1.82, 2.24) is 9.55 Å². The standard InChI is InChI=1S/C24H27N3O3S2/c1-16-12-20(32-19-8-3-4-9-19)15-22(28)27(16)21(23(29)26-24-25-10-11-31-24)14-17-6-5-7-18(13-17)30-2/h5-7,10-13,15,19,21H,3-4,8-9,14H2,1-2H3,(H,25,26,29). The lowest BCUT2D eigenvalue weighted by Gasteiger charge is -2.22. The van der Waals surface area contributed by atoms with E-state index in [2.05, 4.69) is 10.3 Å². The molecule has 2 aromatic heterocycles. The number of carbonyl (C=O) groups is 1. The molecule has 3 aromatic rings. The van der Waals surface area contributed by atoms with Crippen molar-refractivity contribution in [2.24, 2.45) is 0 Å². The van der Waals surface area contributed by atoms with E-state index in [1.54, 1.807) is 41.1 Å². The van der Waals surface area contributed by atoms with Crippen LogP contribution in [0.5, 0.6) is 5.75 Å². The van der Waals surface area contributed by atoms with Crippen molar-refractivity contribution in [2.75, 3.05) is 12.4 Å². The average molecular weight is 470 g/mol. The maximum Gasteiger partial charge on any atom is 0.252 e. The Morgan fingerprint density at radius 3 is 2.81 bits per heavy atom. The first-order valence-electron chi connectivity index (χ1n) is 10.8. The Hall–Kier alpha value is -2.58. The van der Waals surface area contributed by atoms with Crippen molar-refractivity contribution >= 4 is 34.1 Å². The normalized spacial score (nSPS) is 14.9. The van der Waals surface area contributed by atoms with Gasteiger partial charge in [0.1, 0.15) is 11.8 Å². The molecular weight excluding hydrogens is 442 g/mol. The molecule has 0 saturated heterocycles. The number of thiazole rings is 1. The second kappa shape index (κ2) is 10.4. The van der Waals surface area contributed by atoms with E-state index in [9.17, 15) is 9.59 Å². The van der Waals surface area contributed by atoms with Gasteiger partial charge in [-0.1, -0.05) is 25.0 Å². The van der Waals surface area contributed by atoms with E-state index in [1.165, 1.54) is 37.0 Å². The number of anilines is 1. The van der Waals surface area contributed by atoms with Crippen molar-refractivity contribution < 1.29 is 9.53 Å². The molecule has 6 nitrogen and oxygen atoms in total. The van der Waals surface area contributed by atoms with Crippen LogP contribution >= 0.6 is 23.1 Å². The van der Waals surface area contributed by atoms with Crippen molar-refractivity contribution in [1.29, 1.82) is 0 Å². The first-order valence-corrected chi connectivity index (χ1v) is 12.5. The number of hydrogen-bond donors (Lipinski definition) is 1. The van der Waals surface area contributed by atoms with Gasteiger partial charge >= 0.3 is 0 Å². The molecule has 32 heavy (non-hydrogen) atoms. The van der Waals surface area contributed by atoms with Crippen molar-refractivity contribution in [3.63, 3.8) is 0 Å². The van der Waals surface area contributed by atoms with E-state index in [0.29, 0.717) is 22.6 Å². The fraction of sp³-hybridized carbons (Fsp3) is 0.375. The summed E-state index contributed by atoms with van der Waals surface area (Å²) in [6, 6.07) is 10.6. The molecule has 1 saturated carbocycles. The van der Waals surface area contributed by atoms with Crippen LogP contribution in [0.1, 0.15) is 43.0 Å². The molecule has 1 unspecified atom stereocenters. The molecular formula is C24H27N3O3S2. The lowest BCUT2D eigenvalue weighted by Crippen LogP contribution is -2.35. The topological polar surface area (TPSA) is 73.2 Å². The largest absolute Gasteiger partial charge is 0.497 e. The Bertz CT molecular complexity index is 1120. The van der Waals surface area contributed by atoms with E-state index < -0.39 is 6.04 Å². The van der Waals surface area contributed by atoms with Crippen LogP contribution in [0.15, 0.2) is 57.7 Å². The van der Waals surface area contributed by atoms with E-state index in [1.807, 2.05) is 37.3 Å². The molecule has 1 aliphatic carbocycles. The number of aromatic nitrogens is 2. The van der Waals surface area contributed by atoms with Gasteiger partial charge in [0.25, 0.3) is 5.56 Å². The van der Waals surface area contributed by atoms with Gasteiger partial charge in [-0.3, -0.25) is 9.59 Å². The highest BCUT2D eigenvalue weighted by Crippen LogP contribution is 2.34. The van der Waals surface area contributed by atoms with Crippen LogP contribution in [0.3, 0.4) is 0 Å². The van der Waals surface area contributed by atoms with Crippen LogP contribution in [0.4, 0.5) is 5.13 Å². The summed E-state index contributed by atoms with van der Waals surface area (Å²) in [7, 11) is 1.61. The van der Waals surface area contributed by atoms with Gasteiger partial charge in [-0.05, 0) is 43.5 Å². The molecule has 8 heteroatoms. The van der Waals surface area contributed by atoms with Crippen LogP contribution in [-0.4, -0.2) is 27.8 Å². The monoisotopic (exact) mass is 469 g/mol. The van der Waals surface area contributed by atoms with Gasteiger partial charge in [0, 0.05) is 39.9 Å². The number of hydrogen-bond acceptors (Lipinski definition) is 6. The molecule has 0 spiro atoms. The summed E-state index contributed by atoms with van der Waals surface area (Å²) < 4.78 is 6.93. The smallest absolute Gasteiger partial charge is 0.252 e. The Morgan fingerprint density at radius 2 is 2.12 bits per heavy atom. The molecule has 1 amide bonds. The van der Waals surface area contributed by atoms with Gasteiger partial charge in [0.2, 0.25) is 5.91 Å². The second-order valence-electron chi connectivity index (χ2n) is 7.96. The van der Waals surface area contributed by atoms with Crippen LogP contribution in [-0.2, 0) is 11.2 Å². The van der Waals surface area contributed by atoms with Crippen LogP contribution < -0.4 is 15.6 Å². The summed E-state index contributed by atoms with van der Waals surface area (Å²) in [6.07, 6.45) is 6.91. The number of amides is 1. The third-order valence-electron chi connectivity index (χ3n) is 5.68. The van der Waals surface area contributed by atoms with Gasteiger partial charge in [0.05, 0.1) is 7.11 Å². The molecule has 0 radical (unpaired) electrons. The minimum atomic E-state index is -0.705. The van der Waals surface area contributed by atoms with Gasteiger partial charge in [-0.2, -0.15) is 0 Å². The Balaban J connectivity index is 1.66. The molecule has 0 bridgehead atoms. The average Bonchev–Trinajstić information content (AvgIpc) is 3.47. The second-order valence-corrected chi connectivity index (χ2v) is 10.2. The molecule has 168 valence electrons. The maximum absolute atomic E-state index is 13.3. The lowest BCUT2D eigenvalue weighted by atomic mass is 10.0. The maximum atomic E-state index is 13.3. The Morgan fingerprint density at radius 1 is 1.31 bits per heavy atom. The molecule has 4 rings (SSSR count).